The third-order valence-corrected chi connectivity index (χ3v) is 6.60. The van der Waals surface area contributed by atoms with Crippen LogP contribution in [0.5, 0.6) is 17.2 Å². The van der Waals surface area contributed by atoms with E-state index in [1.807, 2.05) is 19.1 Å². The van der Waals surface area contributed by atoms with E-state index in [1.54, 1.807) is 43.2 Å². The van der Waals surface area contributed by atoms with Crippen LogP contribution in [0.3, 0.4) is 0 Å². The summed E-state index contributed by atoms with van der Waals surface area (Å²) in [6, 6.07) is 8.44. The lowest BCUT2D eigenvalue weighted by Crippen LogP contribution is -2.37. The van der Waals surface area contributed by atoms with Crippen LogP contribution in [0.25, 0.3) is 0 Å². The maximum Gasteiger partial charge on any atom is 0.255 e. The summed E-state index contributed by atoms with van der Waals surface area (Å²) in [6.45, 7) is 3.08. The van der Waals surface area contributed by atoms with Crippen molar-refractivity contribution in [3.63, 3.8) is 0 Å². The number of amides is 2. The van der Waals surface area contributed by atoms with Gasteiger partial charge in [-0.2, -0.15) is 0 Å². The van der Waals surface area contributed by atoms with E-state index in [4.69, 9.17) is 37.4 Å². The minimum Gasteiger partial charge on any atom is -0.493 e. The van der Waals surface area contributed by atoms with Gasteiger partial charge in [0.25, 0.3) is 5.91 Å². The van der Waals surface area contributed by atoms with Crippen molar-refractivity contribution in [2.24, 2.45) is 5.92 Å². The lowest BCUT2D eigenvalue weighted by atomic mass is 9.87. The predicted molar refractivity (Wildman–Crippen MR) is 128 cm³/mol. The first-order valence-corrected chi connectivity index (χ1v) is 11.3. The van der Waals surface area contributed by atoms with Gasteiger partial charge in [-0.15, -0.1) is 0 Å². The molecule has 178 valence electrons. The Morgan fingerprint density at radius 2 is 1.67 bits per heavy atom. The predicted octanol–water partition coefficient (Wildman–Crippen LogP) is 4.35. The molecular formula is C24H28Cl2N2O5. The second kappa shape index (κ2) is 10.5. The first-order chi connectivity index (χ1) is 15.7. The Kier molecular flexibility index (Phi) is 7.97. The van der Waals surface area contributed by atoms with E-state index < -0.39 is 5.92 Å². The molecule has 2 unspecified atom stereocenters. The third kappa shape index (κ3) is 4.99. The molecule has 0 spiro atoms. The largest absolute Gasteiger partial charge is 0.493 e. The zero-order valence-corrected chi connectivity index (χ0v) is 20.9. The van der Waals surface area contributed by atoms with Crippen molar-refractivity contribution in [2.45, 2.75) is 12.8 Å². The molecule has 3 rings (SSSR count). The average Bonchev–Trinajstić information content (AvgIpc) is 3.27. The van der Waals surface area contributed by atoms with E-state index in [-0.39, 0.29) is 29.3 Å². The number of hydrogen-bond donors (Lipinski definition) is 0. The van der Waals surface area contributed by atoms with Gasteiger partial charge in [-0.1, -0.05) is 23.2 Å². The van der Waals surface area contributed by atoms with Gasteiger partial charge in [-0.25, -0.2) is 0 Å². The Balaban J connectivity index is 2.03. The highest BCUT2D eigenvalue weighted by atomic mass is 35.5. The highest BCUT2D eigenvalue weighted by Crippen LogP contribution is 2.44. The zero-order valence-electron chi connectivity index (χ0n) is 19.4. The smallest absolute Gasteiger partial charge is 0.255 e. The number of ether oxygens (including phenoxy) is 3. The molecule has 0 saturated carbocycles. The molecule has 1 saturated heterocycles. The standard InChI is InChI=1S/C24H28Cl2N2O5/c1-6-27(2)23(29)18-13-28(24(30)16-8-7-15(25)11-19(16)26)12-17(18)14-9-20(31-3)22(33-5)21(10-14)32-4/h7-11,17-18H,6,12-13H2,1-5H3. The van der Waals surface area contributed by atoms with Crippen molar-refractivity contribution < 1.29 is 23.8 Å². The fraction of sp³-hybridized carbons (Fsp3) is 0.417. The van der Waals surface area contributed by atoms with Gasteiger partial charge in [-0.05, 0) is 42.8 Å². The first-order valence-electron chi connectivity index (χ1n) is 10.5. The summed E-state index contributed by atoms with van der Waals surface area (Å²) < 4.78 is 16.4. The maximum atomic E-state index is 13.3. The van der Waals surface area contributed by atoms with Crippen molar-refractivity contribution in [1.82, 2.24) is 9.80 Å². The number of nitrogens with zero attached hydrogens (tertiary/aromatic N) is 2. The summed E-state index contributed by atoms with van der Waals surface area (Å²) in [6.07, 6.45) is 0. The quantitative estimate of drug-likeness (QED) is 0.572. The Labute approximate surface area is 204 Å². The maximum absolute atomic E-state index is 13.3. The summed E-state index contributed by atoms with van der Waals surface area (Å²) in [5, 5.41) is 0.725. The fourth-order valence-electron chi connectivity index (χ4n) is 4.15. The van der Waals surface area contributed by atoms with Gasteiger partial charge in [0.05, 0.1) is 37.8 Å². The van der Waals surface area contributed by atoms with E-state index in [2.05, 4.69) is 0 Å². The van der Waals surface area contributed by atoms with Crippen LogP contribution in [0.1, 0.15) is 28.8 Å². The lowest BCUT2D eigenvalue weighted by Gasteiger charge is -2.24. The molecule has 1 heterocycles. The number of carbonyl (C=O) groups is 2. The van der Waals surface area contributed by atoms with Gasteiger partial charge in [-0.3, -0.25) is 9.59 Å². The SMILES string of the molecule is CCN(C)C(=O)C1CN(C(=O)c2ccc(Cl)cc2Cl)CC1c1cc(OC)c(OC)c(OC)c1. The van der Waals surface area contributed by atoms with Crippen LogP contribution in [0.15, 0.2) is 30.3 Å². The summed E-state index contributed by atoms with van der Waals surface area (Å²) in [5.41, 5.74) is 1.17. The Hall–Kier alpha value is -2.64. The highest BCUT2D eigenvalue weighted by molar-refractivity contribution is 6.36. The minimum absolute atomic E-state index is 0.0336. The molecule has 0 N–H and O–H groups in total. The molecule has 0 aromatic heterocycles. The molecule has 0 radical (unpaired) electrons. The molecule has 0 bridgehead atoms. The number of methoxy groups -OCH3 is 3. The summed E-state index contributed by atoms with van der Waals surface area (Å²) in [5.74, 6) is 0.469. The fourth-order valence-corrected chi connectivity index (χ4v) is 4.63. The normalized spacial score (nSPS) is 17.6. The van der Waals surface area contributed by atoms with Crippen LogP contribution >= 0.6 is 23.2 Å². The van der Waals surface area contributed by atoms with Gasteiger partial charge in [0.15, 0.2) is 11.5 Å². The number of halogens is 2. The van der Waals surface area contributed by atoms with Crippen LogP contribution < -0.4 is 14.2 Å². The van der Waals surface area contributed by atoms with Crippen molar-refractivity contribution in [1.29, 1.82) is 0 Å². The van der Waals surface area contributed by atoms with Gasteiger partial charge in [0, 0.05) is 37.6 Å². The summed E-state index contributed by atoms with van der Waals surface area (Å²) >= 11 is 12.3. The van der Waals surface area contributed by atoms with Crippen LogP contribution in [0.4, 0.5) is 0 Å². The van der Waals surface area contributed by atoms with Crippen LogP contribution in [-0.2, 0) is 4.79 Å². The van der Waals surface area contributed by atoms with E-state index in [0.717, 1.165) is 5.56 Å². The average molecular weight is 495 g/mol. The Morgan fingerprint density at radius 3 is 2.18 bits per heavy atom. The number of carbonyl (C=O) groups excluding carboxylic acids is 2. The van der Waals surface area contributed by atoms with Crippen LogP contribution in [-0.4, -0.2) is 69.6 Å². The molecule has 0 aliphatic carbocycles. The second-order valence-electron chi connectivity index (χ2n) is 7.86. The molecule has 2 aromatic carbocycles. The molecule has 9 heteroatoms. The second-order valence-corrected chi connectivity index (χ2v) is 8.70. The van der Waals surface area contributed by atoms with Crippen LogP contribution in [0.2, 0.25) is 10.0 Å². The molecule has 1 fully saturated rings. The van der Waals surface area contributed by atoms with E-state index in [9.17, 15) is 9.59 Å². The van der Waals surface area contributed by atoms with Crippen molar-refractivity contribution in [3.8, 4) is 17.2 Å². The molecule has 7 nitrogen and oxygen atoms in total. The molecule has 2 aromatic rings. The Bertz CT molecular complexity index is 1020. The Morgan fingerprint density at radius 1 is 1.03 bits per heavy atom. The van der Waals surface area contributed by atoms with Crippen molar-refractivity contribution >= 4 is 35.0 Å². The van der Waals surface area contributed by atoms with Crippen LogP contribution in [0, 0.1) is 5.92 Å². The number of hydrogen-bond acceptors (Lipinski definition) is 5. The van der Waals surface area contributed by atoms with E-state index in [1.165, 1.54) is 13.2 Å². The van der Waals surface area contributed by atoms with Gasteiger partial charge in [0.1, 0.15) is 0 Å². The van der Waals surface area contributed by atoms with Crippen molar-refractivity contribution in [2.75, 3.05) is 48.0 Å². The molecular weight excluding hydrogens is 467 g/mol. The molecule has 33 heavy (non-hydrogen) atoms. The summed E-state index contributed by atoms with van der Waals surface area (Å²) in [7, 11) is 6.38. The summed E-state index contributed by atoms with van der Waals surface area (Å²) in [4.78, 5) is 29.9. The number of benzene rings is 2. The van der Waals surface area contributed by atoms with Gasteiger partial charge >= 0.3 is 0 Å². The molecule has 1 aliphatic heterocycles. The number of likely N-dealkylation sites (tertiary alicyclic amines) is 1. The topological polar surface area (TPSA) is 68.3 Å². The molecule has 2 atom stereocenters. The lowest BCUT2D eigenvalue weighted by molar-refractivity contribution is -0.133. The zero-order chi connectivity index (χ0) is 24.3. The van der Waals surface area contributed by atoms with Crippen molar-refractivity contribution in [3.05, 3.63) is 51.5 Å². The first kappa shape index (κ1) is 25.0. The van der Waals surface area contributed by atoms with E-state index in [0.29, 0.717) is 40.9 Å². The molecule has 1 aliphatic rings. The molecule has 2 amide bonds. The van der Waals surface area contributed by atoms with Gasteiger partial charge in [0.2, 0.25) is 11.7 Å². The third-order valence-electron chi connectivity index (χ3n) is 6.05. The monoisotopic (exact) mass is 494 g/mol. The number of rotatable bonds is 7. The van der Waals surface area contributed by atoms with E-state index >= 15 is 0 Å². The van der Waals surface area contributed by atoms with Gasteiger partial charge < -0.3 is 24.0 Å². The minimum atomic E-state index is -0.437. The highest BCUT2D eigenvalue weighted by Gasteiger charge is 2.42.